The zero-order chi connectivity index (χ0) is 51.0. The van der Waals surface area contributed by atoms with Gasteiger partial charge in [0.15, 0.2) is 5.66 Å². The van der Waals surface area contributed by atoms with Gasteiger partial charge in [0.05, 0.1) is 28.7 Å². The lowest BCUT2D eigenvalue weighted by molar-refractivity contribution is 0.183. The highest BCUT2D eigenvalue weighted by atomic mass is 16.5. The van der Waals surface area contributed by atoms with E-state index in [9.17, 15) is 0 Å². The summed E-state index contributed by atoms with van der Waals surface area (Å²) < 4.78 is 9.89. The van der Waals surface area contributed by atoms with Gasteiger partial charge in [0.2, 0.25) is 0 Å². The predicted molar refractivity (Wildman–Crippen MR) is 307 cm³/mol. The number of nitrogens with zero attached hydrogens (tertiary/aromatic N) is 4. The van der Waals surface area contributed by atoms with E-state index >= 15 is 0 Å². The third-order valence-corrected chi connectivity index (χ3v) is 15.9. The maximum atomic E-state index is 7.82. The molecule has 366 valence electrons. The molecule has 0 amide bonds. The lowest BCUT2D eigenvalue weighted by Crippen LogP contribution is -2.36. The molecule has 5 atom stereocenters. The second-order valence-corrected chi connectivity index (χ2v) is 20.1. The molecule has 1 spiro atoms. The van der Waals surface area contributed by atoms with Crippen LogP contribution in [0.3, 0.4) is 0 Å². The number of nitrogens with one attached hydrogen (secondary N) is 1. The summed E-state index contributed by atoms with van der Waals surface area (Å²) in [5.74, 6) is 1.98. The fraction of sp³-hybridized carbons (Fsp3) is 0.0882. The Hall–Kier alpha value is -9.18. The van der Waals surface area contributed by atoms with Crippen molar-refractivity contribution in [3.05, 3.63) is 304 Å². The van der Waals surface area contributed by atoms with Crippen molar-refractivity contribution in [2.45, 2.75) is 29.5 Å². The number of aromatic nitrogens is 1. The van der Waals surface area contributed by atoms with E-state index in [4.69, 9.17) is 26.2 Å². The van der Waals surface area contributed by atoms with Crippen molar-refractivity contribution in [1.29, 1.82) is 0 Å². The highest BCUT2D eigenvalue weighted by Gasteiger charge is 2.60. The van der Waals surface area contributed by atoms with Crippen molar-refractivity contribution in [1.82, 2.24) is 14.8 Å². The van der Waals surface area contributed by atoms with Crippen molar-refractivity contribution >= 4 is 33.9 Å². The molecule has 1 saturated heterocycles. The predicted octanol–water partition coefficient (Wildman–Crippen LogP) is 13.9. The van der Waals surface area contributed by atoms with Gasteiger partial charge < -0.3 is 20.8 Å². The van der Waals surface area contributed by atoms with Crippen molar-refractivity contribution in [2.75, 3.05) is 7.05 Å². The van der Waals surface area contributed by atoms with Crippen LogP contribution in [0, 0.1) is 0 Å². The maximum absolute atomic E-state index is 7.82. The summed E-state index contributed by atoms with van der Waals surface area (Å²) in [6, 6.07) is 87.0. The second-order valence-electron chi connectivity index (χ2n) is 20.1. The molecule has 8 nitrogen and oxygen atoms in total. The van der Waals surface area contributed by atoms with Gasteiger partial charge in [-0.3, -0.25) is 15.2 Å². The molecule has 76 heavy (non-hydrogen) atoms. The largest absolute Gasteiger partial charge is 0.456 e. The van der Waals surface area contributed by atoms with Gasteiger partial charge in [0, 0.05) is 44.9 Å². The third kappa shape index (κ3) is 7.10. The molecule has 0 bridgehead atoms. The first-order valence-electron chi connectivity index (χ1n) is 26.0. The van der Waals surface area contributed by atoms with Gasteiger partial charge in [-0.2, -0.15) is 0 Å². The molecule has 11 aromatic rings. The van der Waals surface area contributed by atoms with Crippen molar-refractivity contribution in [3.8, 4) is 28.3 Å². The zero-order valence-electron chi connectivity index (χ0n) is 41.8. The molecule has 1 fully saturated rings. The lowest BCUT2D eigenvalue weighted by atomic mass is 9.65. The Labute approximate surface area is 441 Å². The highest BCUT2D eigenvalue weighted by molar-refractivity contribution is 6.12. The summed E-state index contributed by atoms with van der Waals surface area (Å²) in [6.07, 6.45) is 0.859. The van der Waals surface area contributed by atoms with Crippen LogP contribution < -0.4 is 21.5 Å². The van der Waals surface area contributed by atoms with Crippen LogP contribution in [0.2, 0.25) is 0 Å². The van der Waals surface area contributed by atoms with E-state index in [0.717, 1.165) is 72.7 Å². The van der Waals surface area contributed by atoms with Crippen LogP contribution in [0.5, 0.6) is 11.5 Å². The number of benzene rings is 10. The number of nitrogens with two attached hydrogens (primary N) is 2. The molecule has 1 aliphatic carbocycles. The molecule has 0 saturated carbocycles. The smallest absolute Gasteiger partial charge is 0.159 e. The minimum atomic E-state index is -0.947. The quantitative estimate of drug-likeness (QED) is 0.0517. The number of ether oxygens (including phenoxy) is 1. The van der Waals surface area contributed by atoms with Gasteiger partial charge in [-0.25, -0.2) is 4.99 Å². The Balaban J connectivity index is 1.05. The molecule has 10 aromatic carbocycles. The van der Waals surface area contributed by atoms with Gasteiger partial charge in [-0.05, 0) is 100 Å². The summed E-state index contributed by atoms with van der Waals surface area (Å²) in [5.41, 5.74) is 28.8. The number of hydrogen-bond donors (Lipinski definition) is 3. The normalized spacial score (nSPS) is 19.0. The number of aliphatic imine (C=N–C) groups is 2. The van der Waals surface area contributed by atoms with E-state index in [1.54, 1.807) is 0 Å². The van der Waals surface area contributed by atoms with Crippen LogP contribution in [0.15, 0.2) is 259 Å². The molecule has 0 radical (unpaired) electrons. The molecular weight excluding hydrogens is 931 g/mol. The third-order valence-electron chi connectivity index (χ3n) is 15.9. The Bertz CT molecular complexity index is 4070. The van der Waals surface area contributed by atoms with E-state index in [2.05, 4.69) is 210 Å². The monoisotopic (exact) mass is 983 g/mol. The van der Waals surface area contributed by atoms with Gasteiger partial charge in [-0.15, -0.1) is 0 Å². The molecule has 14 rings (SSSR count). The van der Waals surface area contributed by atoms with Crippen LogP contribution in [0.4, 0.5) is 0 Å². The standard InChI is InChI=1S/C68H53N7O/c1-74(66(46-27-11-4-12-28-46)71-43-44-23-7-2-8-24-44)65(70)47-39-54(63-68(72-63,48-29-13-5-14-30-48)73-64(69)45-25-9-3-10-26-45)62-58(40-47)67(56-36-20-22-38-61(56)76-62)55-35-19-17-33-50(55)52-41-53-51-34-18-21-37-59(51)75(60(53)42-57(52)67)49-31-15-6-16-32-49/h2-43,63,65-66,72H,70H2,1H3,(H2,69,73)/t63?,65?,66?,67?,68-/m0/s1. The topological polar surface area (TPSA) is 116 Å². The van der Waals surface area contributed by atoms with E-state index < -0.39 is 23.4 Å². The van der Waals surface area contributed by atoms with Crippen LogP contribution in [-0.4, -0.2) is 28.6 Å². The number of fused-ring (bicyclic) bond motifs is 12. The minimum Gasteiger partial charge on any atom is -0.456 e. The first-order chi connectivity index (χ1) is 37.4. The van der Waals surface area contributed by atoms with E-state index in [-0.39, 0.29) is 6.04 Å². The van der Waals surface area contributed by atoms with E-state index in [1.165, 1.54) is 33.0 Å². The minimum absolute atomic E-state index is 0.383. The van der Waals surface area contributed by atoms with Crippen molar-refractivity contribution in [2.24, 2.45) is 21.5 Å². The summed E-state index contributed by atoms with van der Waals surface area (Å²) in [4.78, 5) is 12.9. The molecule has 3 aliphatic rings. The van der Waals surface area contributed by atoms with Gasteiger partial charge >= 0.3 is 0 Å². The first-order valence-corrected chi connectivity index (χ1v) is 26.0. The number of para-hydroxylation sites is 3. The molecular formula is C68H53N7O. The fourth-order valence-electron chi connectivity index (χ4n) is 12.3. The summed E-state index contributed by atoms with van der Waals surface area (Å²) in [5, 5.41) is 6.31. The maximum Gasteiger partial charge on any atom is 0.159 e. The van der Waals surface area contributed by atoms with E-state index in [0.29, 0.717) is 5.84 Å². The van der Waals surface area contributed by atoms with Crippen molar-refractivity contribution in [3.63, 3.8) is 0 Å². The van der Waals surface area contributed by atoms with Crippen LogP contribution in [-0.2, 0) is 11.1 Å². The number of hydrogen-bond acceptors (Lipinski definition) is 6. The average Bonchev–Trinajstić information content (AvgIpc) is 4.15. The van der Waals surface area contributed by atoms with Crippen LogP contribution in [0.1, 0.15) is 74.0 Å². The van der Waals surface area contributed by atoms with Gasteiger partial charge in [-0.1, -0.05) is 200 Å². The fourth-order valence-corrected chi connectivity index (χ4v) is 12.3. The number of amidine groups is 1. The van der Waals surface area contributed by atoms with Gasteiger partial charge in [0.1, 0.15) is 23.5 Å². The average molecular weight is 984 g/mol. The van der Waals surface area contributed by atoms with E-state index in [1.807, 2.05) is 66.9 Å². The summed E-state index contributed by atoms with van der Waals surface area (Å²) in [6.45, 7) is 0. The van der Waals surface area contributed by atoms with Crippen molar-refractivity contribution < 1.29 is 4.74 Å². The number of rotatable bonds is 11. The first kappa shape index (κ1) is 45.4. The molecule has 5 N–H and O–H groups in total. The Morgan fingerprint density at radius 1 is 0.592 bits per heavy atom. The summed E-state index contributed by atoms with van der Waals surface area (Å²) in [7, 11) is 2.07. The van der Waals surface area contributed by atoms with Crippen LogP contribution in [0.25, 0.3) is 38.6 Å². The lowest BCUT2D eigenvalue weighted by Gasteiger charge is -2.41. The molecule has 4 unspecified atom stereocenters. The molecule has 2 aliphatic heterocycles. The van der Waals surface area contributed by atoms with Crippen LogP contribution >= 0.6 is 0 Å². The zero-order valence-corrected chi connectivity index (χ0v) is 41.8. The second kappa shape index (κ2) is 18.0. The Kier molecular flexibility index (Phi) is 10.8. The SMILES string of the molecule is CN(C(N)c1cc(C2N[C@]2(N=C(N)c2ccccc2)c2ccccc2)c2c(c1)C1(c3ccccc3O2)c2ccccc2-c2cc3c4ccccc4n(-c4ccccc4)c3cc21)C(N=Cc1ccccc1)c1ccccc1. The Morgan fingerprint density at radius 3 is 1.99 bits per heavy atom. The molecule has 3 heterocycles. The molecule has 1 aromatic heterocycles. The highest BCUT2D eigenvalue weighted by Crippen LogP contribution is 2.65. The summed E-state index contributed by atoms with van der Waals surface area (Å²) >= 11 is 0. The van der Waals surface area contributed by atoms with Gasteiger partial charge in [0.25, 0.3) is 0 Å². The molecule has 8 heteroatoms. The Morgan fingerprint density at radius 2 is 1.22 bits per heavy atom.